The number of carbonyl (C=O) groups excluding carboxylic acids is 1. The normalized spacial score (nSPS) is 14.6. The number of hydrogen-bond acceptors (Lipinski definition) is 4. The van der Waals surface area contributed by atoms with Gasteiger partial charge in [0.15, 0.2) is 11.5 Å². The van der Waals surface area contributed by atoms with Gasteiger partial charge in [0, 0.05) is 24.6 Å². The number of benzene rings is 3. The quantitative estimate of drug-likeness (QED) is 0.337. The Morgan fingerprint density at radius 3 is 2.54 bits per heavy atom. The average molecular weight is 510 g/mol. The number of hydrogen-bond donors (Lipinski definition) is 1. The average Bonchev–Trinajstić information content (AvgIpc) is 3.36. The summed E-state index contributed by atoms with van der Waals surface area (Å²) in [5, 5.41) is 0. The number of carbonyl (C=O) groups is 1. The van der Waals surface area contributed by atoms with Crippen molar-refractivity contribution < 1.29 is 27.4 Å². The molecule has 0 aliphatic carbocycles. The summed E-state index contributed by atoms with van der Waals surface area (Å²) in [5.41, 5.74) is 2.07. The maximum absolute atomic E-state index is 13.2. The third-order valence-corrected chi connectivity index (χ3v) is 6.64. The van der Waals surface area contributed by atoms with E-state index >= 15 is 0 Å². The number of methoxy groups -OCH3 is 1. The number of nitrogens with one attached hydrogen (secondary N) is 1. The molecule has 0 saturated carbocycles. The SMILES string of the molecule is COc1cc(C(=O)N2CCC(c3nc4ccccc4[nH]3)CC2)ccc1OCc1cccc(C(F)(F)F)c1. The number of piperidine rings is 1. The van der Waals surface area contributed by atoms with E-state index in [1.165, 1.54) is 13.2 Å². The molecule has 0 radical (unpaired) electrons. The molecular formula is C28H26F3N3O3. The zero-order valence-electron chi connectivity index (χ0n) is 20.2. The lowest BCUT2D eigenvalue weighted by Crippen LogP contribution is -2.38. The minimum Gasteiger partial charge on any atom is -0.493 e. The number of para-hydroxylation sites is 2. The molecule has 1 fully saturated rings. The van der Waals surface area contributed by atoms with Gasteiger partial charge in [0.2, 0.25) is 0 Å². The predicted octanol–water partition coefficient (Wildman–Crippen LogP) is 6.19. The van der Waals surface area contributed by atoms with Crippen molar-refractivity contribution in [3.05, 3.63) is 89.2 Å². The van der Waals surface area contributed by atoms with Gasteiger partial charge in [0.1, 0.15) is 12.4 Å². The third-order valence-electron chi connectivity index (χ3n) is 6.64. The van der Waals surface area contributed by atoms with Crippen LogP contribution in [0.2, 0.25) is 0 Å². The molecule has 2 heterocycles. The van der Waals surface area contributed by atoms with Crippen LogP contribution in [0.1, 0.15) is 46.1 Å². The summed E-state index contributed by atoms with van der Waals surface area (Å²) < 4.78 is 50.0. The van der Waals surface area contributed by atoms with Crippen molar-refractivity contribution in [1.82, 2.24) is 14.9 Å². The van der Waals surface area contributed by atoms with Crippen LogP contribution < -0.4 is 9.47 Å². The number of fused-ring (bicyclic) bond motifs is 1. The molecular weight excluding hydrogens is 483 g/mol. The van der Waals surface area contributed by atoms with E-state index in [-0.39, 0.29) is 18.4 Å². The molecule has 37 heavy (non-hydrogen) atoms. The Kier molecular flexibility index (Phi) is 6.78. The molecule has 192 valence electrons. The molecule has 3 aromatic carbocycles. The van der Waals surface area contributed by atoms with Crippen molar-refractivity contribution in [3.8, 4) is 11.5 Å². The minimum atomic E-state index is -4.42. The Bertz CT molecular complexity index is 1380. The van der Waals surface area contributed by atoms with E-state index in [0.717, 1.165) is 41.8 Å². The molecule has 0 spiro atoms. The number of alkyl halides is 3. The van der Waals surface area contributed by atoms with Crippen LogP contribution in [0.25, 0.3) is 11.0 Å². The summed E-state index contributed by atoms with van der Waals surface area (Å²) in [4.78, 5) is 23.1. The summed E-state index contributed by atoms with van der Waals surface area (Å²) in [5.74, 6) is 1.80. The van der Waals surface area contributed by atoms with E-state index in [0.29, 0.717) is 35.7 Å². The second kappa shape index (κ2) is 10.2. The van der Waals surface area contributed by atoms with E-state index in [1.54, 1.807) is 24.3 Å². The van der Waals surface area contributed by atoms with Gasteiger partial charge in [0.25, 0.3) is 5.91 Å². The summed E-state index contributed by atoms with van der Waals surface area (Å²) >= 11 is 0. The topological polar surface area (TPSA) is 67.5 Å². The number of ether oxygens (including phenoxy) is 2. The van der Waals surface area contributed by atoms with Crippen molar-refractivity contribution in [1.29, 1.82) is 0 Å². The standard InChI is InChI=1S/C28H26F3N3O3/c1-36-25-16-20(9-10-24(25)37-17-18-5-4-6-21(15-18)28(29,30)31)27(35)34-13-11-19(12-14-34)26-32-22-7-2-3-8-23(22)33-26/h2-10,15-16,19H,11-14,17H2,1H3,(H,32,33). The zero-order valence-corrected chi connectivity index (χ0v) is 20.2. The molecule has 9 heteroatoms. The lowest BCUT2D eigenvalue weighted by atomic mass is 9.95. The Balaban J connectivity index is 1.22. The van der Waals surface area contributed by atoms with Gasteiger partial charge in [0.05, 0.1) is 23.7 Å². The number of amides is 1. The number of likely N-dealkylation sites (tertiary alicyclic amines) is 1. The molecule has 1 amide bonds. The fourth-order valence-electron chi connectivity index (χ4n) is 4.62. The maximum Gasteiger partial charge on any atom is 0.416 e. The van der Waals surface area contributed by atoms with Gasteiger partial charge in [-0.3, -0.25) is 4.79 Å². The summed E-state index contributed by atoms with van der Waals surface area (Å²) in [7, 11) is 1.46. The molecule has 1 aliphatic rings. The van der Waals surface area contributed by atoms with Crippen LogP contribution in [0.3, 0.4) is 0 Å². The van der Waals surface area contributed by atoms with Gasteiger partial charge in [-0.05, 0) is 60.9 Å². The van der Waals surface area contributed by atoms with Gasteiger partial charge in [-0.2, -0.15) is 13.2 Å². The van der Waals surface area contributed by atoms with E-state index in [1.807, 2.05) is 29.2 Å². The highest BCUT2D eigenvalue weighted by molar-refractivity contribution is 5.95. The Morgan fingerprint density at radius 1 is 1.03 bits per heavy atom. The first kappa shape index (κ1) is 24.7. The third kappa shape index (κ3) is 5.40. The zero-order chi connectivity index (χ0) is 26.0. The number of H-pyrrole nitrogens is 1. The summed E-state index contributed by atoms with van der Waals surface area (Å²) in [6.07, 6.45) is -2.81. The van der Waals surface area contributed by atoms with E-state index in [9.17, 15) is 18.0 Å². The molecule has 1 saturated heterocycles. The number of rotatable bonds is 6. The lowest BCUT2D eigenvalue weighted by Gasteiger charge is -2.31. The van der Waals surface area contributed by atoms with Crippen molar-refractivity contribution in [2.24, 2.45) is 0 Å². The van der Waals surface area contributed by atoms with Gasteiger partial charge in [-0.15, -0.1) is 0 Å². The van der Waals surface area contributed by atoms with E-state index in [2.05, 4.69) is 4.98 Å². The van der Waals surface area contributed by atoms with Crippen LogP contribution in [-0.2, 0) is 12.8 Å². The van der Waals surface area contributed by atoms with Crippen molar-refractivity contribution in [2.45, 2.75) is 31.5 Å². The fraction of sp³-hybridized carbons (Fsp3) is 0.286. The van der Waals surface area contributed by atoms with Crippen LogP contribution in [0.5, 0.6) is 11.5 Å². The van der Waals surface area contributed by atoms with Crippen LogP contribution in [0.4, 0.5) is 13.2 Å². The first-order chi connectivity index (χ1) is 17.8. The molecule has 6 nitrogen and oxygen atoms in total. The molecule has 0 bridgehead atoms. The number of aromatic nitrogens is 2. The van der Waals surface area contributed by atoms with Gasteiger partial charge in [-0.25, -0.2) is 4.98 Å². The monoisotopic (exact) mass is 509 g/mol. The van der Waals surface area contributed by atoms with Crippen LogP contribution in [0.15, 0.2) is 66.7 Å². The predicted molar refractivity (Wildman–Crippen MR) is 133 cm³/mol. The van der Waals surface area contributed by atoms with Crippen LogP contribution >= 0.6 is 0 Å². The van der Waals surface area contributed by atoms with Crippen molar-refractivity contribution in [3.63, 3.8) is 0 Å². The first-order valence-electron chi connectivity index (χ1n) is 12.0. The van der Waals surface area contributed by atoms with Gasteiger partial charge >= 0.3 is 6.18 Å². The largest absolute Gasteiger partial charge is 0.493 e. The lowest BCUT2D eigenvalue weighted by molar-refractivity contribution is -0.137. The highest BCUT2D eigenvalue weighted by Gasteiger charge is 2.30. The van der Waals surface area contributed by atoms with E-state index in [4.69, 9.17) is 14.5 Å². The maximum atomic E-state index is 13.2. The number of imidazole rings is 1. The number of nitrogens with zero attached hydrogens (tertiary/aromatic N) is 2. The molecule has 0 atom stereocenters. The summed E-state index contributed by atoms with van der Waals surface area (Å²) in [6.45, 7) is 1.15. The second-order valence-electron chi connectivity index (χ2n) is 9.06. The Hall–Kier alpha value is -4.01. The highest BCUT2D eigenvalue weighted by Crippen LogP contribution is 2.33. The van der Waals surface area contributed by atoms with Crippen molar-refractivity contribution in [2.75, 3.05) is 20.2 Å². The molecule has 1 N–H and O–H groups in total. The molecule has 1 aliphatic heterocycles. The molecule has 0 unspecified atom stereocenters. The molecule has 5 rings (SSSR count). The molecule has 1 aromatic heterocycles. The van der Waals surface area contributed by atoms with Gasteiger partial charge in [-0.1, -0.05) is 24.3 Å². The molecule has 4 aromatic rings. The smallest absolute Gasteiger partial charge is 0.416 e. The van der Waals surface area contributed by atoms with E-state index < -0.39 is 11.7 Å². The Morgan fingerprint density at radius 2 is 1.81 bits per heavy atom. The van der Waals surface area contributed by atoms with Crippen LogP contribution in [0, 0.1) is 0 Å². The first-order valence-corrected chi connectivity index (χ1v) is 12.0. The number of halogens is 3. The van der Waals surface area contributed by atoms with Crippen molar-refractivity contribution >= 4 is 16.9 Å². The fourth-order valence-corrected chi connectivity index (χ4v) is 4.62. The number of aromatic amines is 1. The van der Waals surface area contributed by atoms with Crippen LogP contribution in [-0.4, -0.2) is 41.0 Å². The second-order valence-corrected chi connectivity index (χ2v) is 9.06. The highest BCUT2D eigenvalue weighted by atomic mass is 19.4. The minimum absolute atomic E-state index is 0.0666. The van der Waals surface area contributed by atoms with Gasteiger partial charge < -0.3 is 19.4 Å². The Labute approximate surface area is 212 Å². The summed E-state index contributed by atoms with van der Waals surface area (Å²) in [6, 6.07) is 17.8.